The van der Waals surface area contributed by atoms with Crippen molar-refractivity contribution in [1.82, 2.24) is 0 Å². The number of carbonyl (C=O) groups is 1. The lowest BCUT2D eigenvalue weighted by molar-refractivity contribution is -0.706. The fourth-order valence-corrected chi connectivity index (χ4v) is 3.57. The summed E-state index contributed by atoms with van der Waals surface area (Å²) in [6.07, 6.45) is 0.911. The number of aliphatic hydroxyl groups excluding tert-OH is 1. The fraction of sp³-hybridized carbons (Fsp3) is 0.381. The number of benzene rings is 2. The molecule has 0 fully saturated rings. The van der Waals surface area contributed by atoms with Gasteiger partial charge in [-0.1, -0.05) is 18.2 Å². The van der Waals surface area contributed by atoms with Gasteiger partial charge in [0.05, 0.1) is 38.9 Å². The van der Waals surface area contributed by atoms with Gasteiger partial charge in [-0.05, 0) is 29.8 Å². The summed E-state index contributed by atoms with van der Waals surface area (Å²) in [5.41, 5.74) is 2.77. The Morgan fingerprint density at radius 2 is 1.89 bits per heavy atom. The van der Waals surface area contributed by atoms with Gasteiger partial charge in [0.15, 0.2) is 11.5 Å². The molecule has 2 aromatic rings. The van der Waals surface area contributed by atoms with Crippen LogP contribution < -0.4 is 14.8 Å². The van der Waals surface area contributed by atoms with E-state index in [0.717, 1.165) is 18.5 Å². The molecular formula is C21H26NO5+. The van der Waals surface area contributed by atoms with Gasteiger partial charge in [0.2, 0.25) is 0 Å². The van der Waals surface area contributed by atoms with Crippen molar-refractivity contribution in [3.05, 3.63) is 59.2 Å². The van der Waals surface area contributed by atoms with E-state index in [0.29, 0.717) is 17.1 Å². The van der Waals surface area contributed by atoms with Gasteiger partial charge in [0.25, 0.3) is 0 Å². The molecule has 0 saturated carbocycles. The molecule has 2 aromatic carbocycles. The summed E-state index contributed by atoms with van der Waals surface area (Å²) in [7, 11) is 3.23. The summed E-state index contributed by atoms with van der Waals surface area (Å²) < 4.78 is 16.3. The summed E-state index contributed by atoms with van der Waals surface area (Å²) in [6.45, 7) is 0.979. The number of methoxy groups -OCH3 is 2. The van der Waals surface area contributed by atoms with Gasteiger partial charge in [-0.15, -0.1) is 0 Å². The van der Waals surface area contributed by atoms with Crippen LogP contribution in [0.1, 0.15) is 27.5 Å². The standard InChI is InChI=1S/C21H25NO5/c1-25-18-10-15-8-9-22-20(17(15)11-19(18)26-2)16(12-23)13-27-21(24)14-6-4-3-5-7-14/h3-7,10-11,16,20,22-23H,8-9,12-13H2,1-2H3/p+1/t16-,20-/m1/s1. The zero-order valence-electron chi connectivity index (χ0n) is 15.7. The maximum Gasteiger partial charge on any atom is 0.338 e. The molecule has 0 aromatic heterocycles. The van der Waals surface area contributed by atoms with Crippen molar-refractivity contribution in [3.63, 3.8) is 0 Å². The third-order valence-electron chi connectivity index (χ3n) is 5.02. The maximum absolute atomic E-state index is 12.2. The van der Waals surface area contributed by atoms with E-state index in [9.17, 15) is 9.90 Å². The van der Waals surface area contributed by atoms with E-state index in [2.05, 4.69) is 5.32 Å². The predicted octanol–water partition coefficient (Wildman–Crippen LogP) is 1.33. The van der Waals surface area contributed by atoms with Crippen LogP contribution >= 0.6 is 0 Å². The Hall–Kier alpha value is -2.57. The minimum atomic E-state index is -0.377. The van der Waals surface area contributed by atoms with Crippen molar-refractivity contribution in [3.8, 4) is 11.5 Å². The minimum Gasteiger partial charge on any atom is -0.493 e. The average Bonchev–Trinajstić information content (AvgIpc) is 2.73. The lowest BCUT2D eigenvalue weighted by Gasteiger charge is -2.30. The first kappa shape index (κ1) is 19.2. The summed E-state index contributed by atoms with van der Waals surface area (Å²) in [6, 6.07) is 12.8. The number of fused-ring (bicyclic) bond motifs is 1. The number of carbonyl (C=O) groups excluding carboxylic acids is 1. The Balaban J connectivity index is 1.77. The van der Waals surface area contributed by atoms with E-state index in [1.165, 1.54) is 5.56 Å². The molecule has 0 spiro atoms. The number of quaternary nitrogens is 1. The summed E-state index contributed by atoms with van der Waals surface area (Å²) in [4.78, 5) is 12.2. The topological polar surface area (TPSA) is 81.6 Å². The molecule has 3 N–H and O–H groups in total. The van der Waals surface area contributed by atoms with Gasteiger partial charge in [0, 0.05) is 12.0 Å². The normalized spacial score (nSPS) is 16.9. The molecule has 0 bridgehead atoms. The first-order valence-corrected chi connectivity index (χ1v) is 9.09. The van der Waals surface area contributed by atoms with Crippen LogP contribution in [-0.4, -0.2) is 45.1 Å². The van der Waals surface area contributed by atoms with Gasteiger partial charge in [-0.25, -0.2) is 4.79 Å². The maximum atomic E-state index is 12.2. The third kappa shape index (κ3) is 4.23. The molecule has 0 aliphatic carbocycles. The second-order valence-electron chi connectivity index (χ2n) is 6.61. The van der Waals surface area contributed by atoms with Crippen LogP contribution in [0.3, 0.4) is 0 Å². The lowest BCUT2D eigenvalue weighted by atomic mass is 9.86. The van der Waals surface area contributed by atoms with E-state index >= 15 is 0 Å². The van der Waals surface area contributed by atoms with Crippen LogP contribution in [0.5, 0.6) is 11.5 Å². The predicted molar refractivity (Wildman–Crippen MR) is 100 cm³/mol. The molecular weight excluding hydrogens is 346 g/mol. The molecule has 0 unspecified atom stereocenters. The van der Waals surface area contributed by atoms with Gasteiger partial charge < -0.3 is 24.6 Å². The summed E-state index contributed by atoms with van der Waals surface area (Å²) in [5, 5.41) is 12.1. The van der Waals surface area contributed by atoms with Gasteiger partial charge in [-0.2, -0.15) is 0 Å². The highest BCUT2D eigenvalue weighted by Gasteiger charge is 2.33. The van der Waals surface area contributed by atoms with E-state index in [1.54, 1.807) is 38.5 Å². The molecule has 0 amide bonds. The number of hydrogen-bond donors (Lipinski definition) is 2. The van der Waals surface area contributed by atoms with Crippen LogP contribution in [0.2, 0.25) is 0 Å². The Morgan fingerprint density at radius 3 is 2.56 bits per heavy atom. The van der Waals surface area contributed by atoms with Crippen LogP contribution in [0, 0.1) is 5.92 Å². The highest BCUT2D eigenvalue weighted by Crippen LogP contribution is 2.35. The monoisotopic (exact) mass is 372 g/mol. The van der Waals surface area contributed by atoms with Crippen molar-refractivity contribution >= 4 is 5.97 Å². The quantitative estimate of drug-likeness (QED) is 0.717. The minimum absolute atomic E-state index is 0.0119. The molecule has 0 saturated heterocycles. The summed E-state index contributed by atoms with van der Waals surface area (Å²) >= 11 is 0. The zero-order chi connectivity index (χ0) is 19.2. The van der Waals surface area contributed by atoms with E-state index in [1.807, 2.05) is 18.2 Å². The third-order valence-corrected chi connectivity index (χ3v) is 5.02. The fourth-order valence-electron chi connectivity index (χ4n) is 3.57. The van der Waals surface area contributed by atoms with Crippen molar-refractivity contribution < 1.29 is 29.4 Å². The molecule has 6 nitrogen and oxygen atoms in total. The molecule has 27 heavy (non-hydrogen) atoms. The van der Waals surface area contributed by atoms with Crippen molar-refractivity contribution in [2.45, 2.75) is 12.5 Å². The lowest BCUT2D eigenvalue weighted by Crippen LogP contribution is -2.88. The molecule has 1 aliphatic rings. The van der Waals surface area contributed by atoms with Crippen LogP contribution in [-0.2, 0) is 11.2 Å². The number of aliphatic hydroxyl groups is 1. The molecule has 2 atom stereocenters. The SMILES string of the molecule is COc1cc2c(cc1OC)[C@@H]([C@H](CO)COC(=O)c1ccccc1)[NH2+]CC2. The summed E-state index contributed by atoms with van der Waals surface area (Å²) in [5.74, 6) is 0.773. The van der Waals surface area contributed by atoms with Crippen molar-refractivity contribution in [2.24, 2.45) is 5.92 Å². The van der Waals surface area contributed by atoms with Gasteiger partial charge in [-0.3, -0.25) is 0 Å². The number of rotatable bonds is 7. The first-order chi connectivity index (χ1) is 13.2. The van der Waals surface area contributed by atoms with Gasteiger partial charge in [0.1, 0.15) is 12.6 Å². The van der Waals surface area contributed by atoms with Crippen LogP contribution in [0.25, 0.3) is 0 Å². The number of esters is 1. The number of ether oxygens (including phenoxy) is 3. The number of hydrogen-bond acceptors (Lipinski definition) is 5. The van der Waals surface area contributed by atoms with Crippen molar-refractivity contribution in [1.29, 1.82) is 0 Å². The molecule has 3 rings (SSSR count). The van der Waals surface area contributed by atoms with E-state index in [4.69, 9.17) is 14.2 Å². The second-order valence-corrected chi connectivity index (χ2v) is 6.61. The van der Waals surface area contributed by atoms with Crippen LogP contribution in [0.15, 0.2) is 42.5 Å². The first-order valence-electron chi connectivity index (χ1n) is 9.09. The number of nitrogens with two attached hydrogens (primary N) is 1. The highest BCUT2D eigenvalue weighted by molar-refractivity contribution is 5.89. The Bertz CT molecular complexity index is 778. The Morgan fingerprint density at radius 1 is 1.19 bits per heavy atom. The van der Waals surface area contributed by atoms with E-state index in [-0.39, 0.29) is 31.1 Å². The zero-order valence-corrected chi connectivity index (χ0v) is 15.7. The second kappa shape index (κ2) is 8.88. The molecule has 6 heteroatoms. The largest absolute Gasteiger partial charge is 0.493 e. The Labute approximate surface area is 159 Å². The Kier molecular flexibility index (Phi) is 6.32. The van der Waals surface area contributed by atoms with Crippen LogP contribution in [0.4, 0.5) is 0 Å². The molecule has 1 heterocycles. The molecule has 1 aliphatic heterocycles. The van der Waals surface area contributed by atoms with E-state index < -0.39 is 0 Å². The highest BCUT2D eigenvalue weighted by atomic mass is 16.5. The smallest absolute Gasteiger partial charge is 0.338 e. The van der Waals surface area contributed by atoms with Crippen molar-refractivity contribution in [2.75, 3.05) is 34.0 Å². The average molecular weight is 372 g/mol. The van der Waals surface area contributed by atoms with Gasteiger partial charge >= 0.3 is 5.97 Å². The molecule has 0 radical (unpaired) electrons. The molecule has 144 valence electrons.